The second-order valence-corrected chi connectivity index (χ2v) is 9.47. The number of aromatic amines is 1. The molecule has 3 heterocycles. The third-order valence-electron chi connectivity index (χ3n) is 6.01. The molecule has 0 bridgehead atoms. The second kappa shape index (κ2) is 11.7. The van der Waals surface area contributed by atoms with Crippen molar-refractivity contribution in [1.29, 1.82) is 0 Å². The summed E-state index contributed by atoms with van der Waals surface area (Å²) in [5.41, 5.74) is 6.79. The van der Waals surface area contributed by atoms with E-state index < -0.39 is 0 Å². The summed E-state index contributed by atoms with van der Waals surface area (Å²) in [4.78, 5) is 29.7. The maximum Gasteiger partial charge on any atom is 0.263 e. The van der Waals surface area contributed by atoms with E-state index >= 15 is 0 Å². The van der Waals surface area contributed by atoms with Crippen LogP contribution in [0.5, 0.6) is 0 Å². The van der Waals surface area contributed by atoms with Crippen molar-refractivity contribution in [1.82, 2.24) is 30.0 Å². The van der Waals surface area contributed by atoms with E-state index in [0.717, 1.165) is 60.4 Å². The van der Waals surface area contributed by atoms with Gasteiger partial charge in [-0.15, -0.1) is 11.3 Å². The maximum absolute atomic E-state index is 12.8. The van der Waals surface area contributed by atoms with E-state index in [0.29, 0.717) is 4.88 Å². The smallest absolute Gasteiger partial charge is 0.263 e. The molecule has 0 aliphatic carbocycles. The normalized spacial score (nSPS) is 12.6. The predicted molar refractivity (Wildman–Crippen MR) is 141 cm³/mol. The number of benzene rings is 1. The number of nitrogens with zero attached hydrogens (tertiary/aromatic N) is 5. The first-order valence-corrected chi connectivity index (χ1v) is 12.7. The third-order valence-corrected chi connectivity index (χ3v) is 6.78. The van der Waals surface area contributed by atoms with E-state index in [1.807, 2.05) is 32.6 Å². The zero-order valence-electron chi connectivity index (χ0n) is 20.4. The molecule has 182 valence electrons. The van der Waals surface area contributed by atoms with Crippen molar-refractivity contribution >= 4 is 23.0 Å². The van der Waals surface area contributed by atoms with Gasteiger partial charge in [0.1, 0.15) is 10.7 Å². The molecule has 4 rings (SSSR count). The summed E-state index contributed by atoms with van der Waals surface area (Å²) in [6.07, 6.45) is 10.3. The van der Waals surface area contributed by atoms with Crippen LogP contribution in [0.1, 0.15) is 60.6 Å². The Kier molecular flexibility index (Phi) is 8.20. The number of amides is 1. The highest BCUT2D eigenvalue weighted by Crippen LogP contribution is 2.26. The fraction of sp³-hybridized carbons (Fsp3) is 0.346. The molecule has 8 nitrogen and oxygen atoms in total. The number of hydrogen-bond acceptors (Lipinski definition) is 6. The molecule has 2 N–H and O–H groups in total. The average molecular weight is 490 g/mol. The molecule has 0 aliphatic rings. The topological polar surface area (TPSA) is 101 Å². The largest absolute Gasteiger partial charge is 0.341 e. The van der Waals surface area contributed by atoms with Crippen molar-refractivity contribution < 1.29 is 4.79 Å². The van der Waals surface area contributed by atoms with Crippen LogP contribution < -0.4 is 5.32 Å². The zero-order chi connectivity index (χ0) is 24.6. The lowest BCUT2D eigenvalue weighted by Crippen LogP contribution is -2.28. The predicted octanol–water partition coefficient (Wildman–Crippen LogP) is 5.45. The molecule has 1 aromatic carbocycles. The monoisotopic (exact) mass is 489 g/mol. The first-order valence-electron chi connectivity index (χ1n) is 11.8. The molecule has 3 aromatic heterocycles. The summed E-state index contributed by atoms with van der Waals surface area (Å²) < 4.78 is 1.80. The number of imidazole rings is 1. The Morgan fingerprint density at radius 3 is 2.63 bits per heavy atom. The van der Waals surface area contributed by atoms with Crippen molar-refractivity contribution in [3.63, 3.8) is 0 Å². The molecular formula is C26H31N7OS. The molecule has 0 aliphatic heterocycles. The molecule has 35 heavy (non-hydrogen) atoms. The van der Waals surface area contributed by atoms with Gasteiger partial charge in [0.2, 0.25) is 0 Å². The van der Waals surface area contributed by atoms with Crippen molar-refractivity contribution in [3.05, 3.63) is 65.1 Å². The highest BCUT2D eigenvalue weighted by molar-refractivity contribution is 7.11. The fourth-order valence-corrected chi connectivity index (χ4v) is 4.43. The van der Waals surface area contributed by atoms with Crippen LogP contribution in [0.4, 0.5) is 0 Å². The Balaban J connectivity index is 1.45. The minimum Gasteiger partial charge on any atom is -0.341 e. The van der Waals surface area contributed by atoms with E-state index in [-0.39, 0.29) is 11.9 Å². The molecule has 0 saturated carbocycles. The number of carbonyl (C=O) groups excluding carboxylic acids is 1. The lowest BCUT2D eigenvalue weighted by atomic mass is 10.1. The molecule has 0 unspecified atom stereocenters. The SMILES string of the molecule is CN=C(C)CCCCC[C@H](NC(=O)c1cncs1)c1ncc(-c2ccc(-c3ccn(C)n3)cc2)[nH]1. The number of aryl methyl sites for hydroxylation is 1. The third kappa shape index (κ3) is 6.51. The number of rotatable bonds is 11. The van der Waals surface area contributed by atoms with Gasteiger partial charge < -0.3 is 10.3 Å². The first kappa shape index (κ1) is 24.5. The number of aromatic nitrogens is 5. The Morgan fingerprint density at radius 1 is 1.14 bits per heavy atom. The molecule has 4 aromatic rings. The van der Waals surface area contributed by atoms with Crippen LogP contribution >= 0.6 is 11.3 Å². The second-order valence-electron chi connectivity index (χ2n) is 8.58. The maximum atomic E-state index is 12.8. The quantitative estimate of drug-likeness (QED) is 0.216. The molecule has 0 saturated heterocycles. The van der Waals surface area contributed by atoms with E-state index in [4.69, 9.17) is 0 Å². The van der Waals surface area contributed by atoms with E-state index in [2.05, 4.69) is 61.5 Å². The molecule has 1 amide bonds. The minimum atomic E-state index is -0.202. The summed E-state index contributed by atoms with van der Waals surface area (Å²) in [6, 6.07) is 10.0. The number of thiazole rings is 1. The van der Waals surface area contributed by atoms with Crippen LogP contribution in [-0.2, 0) is 7.05 Å². The van der Waals surface area contributed by atoms with E-state index in [1.165, 1.54) is 17.0 Å². The van der Waals surface area contributed by atoms with Crippen LogP contribution in [0, 0.1) is 0 Å². The Morgan fingerprint density at radius 2 is 1.94 bits per heavy atom. The van der Waals surface area contributed by atoms with Gasteiger partial charge in [0, 0.05) is 31.6 Å². The lowest BCUT2D eigenvalue weighted by molar-refractivity contribution is 0.0936. The van der Waals surface area contributed by atoms with Crippen LogP contribution in [0.15, 0.2) is 59.4 Å². The Hall–Kier alpha value is -3.59. The highest BCUT2D eigenvalue weighted by Gasteiger charge is 2.20. The van der Waals surface area contributed by atoms with Gasteiger partial charge in [-0.05, 0) is 37.8 Å². The number of H-pyrrole nitrogens is 1. The van der Waals surface area contributed by atoms with Gasteiger partial charge in [0.05, 0.1) is 35.3 Å². The highest BCUT2D eigenvalue weighted by atomic mass is 32.1. The van der Waals surface area contributed by atoms with Gasteiger partial charge in [-0.1, -0.05) is 37.1 Å². The first-order chi connectivity index (χ1) is 17.0. The molecular weight excluding hydrogens is 458 g/mol. The van der Waals surface area contributed by atoms with Crippen LogP contribution in [0.2, 0.25) is 0 Å². The van der Waals surface area contributed by atoms with Gasteiger partial charge in [-0.3, -0.25) is 19.5 Å². The summed E-state index contributed by atoms with van der Waals surface area (Å²) in [5.74, 6) is 0.641. The van der Waals surface area contributed by atoms with Crippen molar-refractivity contribution in [2.75, 3.05) is 7.05 Å². The Bertz CT molecular complexity index is 1260. The number of nitrogens with one attached hydrogen (secondary N) is 2. The van der Waals surface area contributed by atoms with Gasteiger partial charge in [-0.2, -0.15) is 5.10 Å². The zero-order valence-corrected chi connectivity index (χ0v) is 21.2. The molecule has 0 spiro atoms. The van der Waals surface area contributed by atoms with Crippen LogP contribution in [0.25, 0.3) is 22.5 Å². The summed E-state index contributed by atoms with van der Waals surface area (Å²) in [7, 11) is 3.75. The van der Waals surface area contributed by atoms with E-state index in [1.54, 1.807) is 16.4 Å². The summed E-state index contributed by atoms with van der Waals surface area (Å²) >= 11 is 1.34. The van der Waals surface area contributed by atoms with Crippen molar-refractivity contribution in [3.8, 4) is 22.5 Å². The Labute approximate surface area is 209 Å². The van der Waals surface area contributed by atoms with Gasteiger partial charge in [0.15, 0.2) is 0 Å². The van der Waals surface area contributed by atoms with Gasteiger partial charge in [0.25, 0.3) is 5.91 Å². The van der Waals surface area contributed by atoms with Crippen molar-refractivity contribution in [2.24, 2.45) is 12.0 Å². The molecule has 0 radical (unpaired) electrons. The molecule has 9 heteroatoms. The minimum absolute atomic E-state index is 0.121. The lowest BCUT2D eigenvalue weighted by Gasteiger charge is -2.16. The molecule has 1 atom stereocenters. The average Bonchev–Trinajstić information content (AvgIpc) is 3.65. The fourth-order valence-electron chi connectivity index (χ4n) is 3.90. The molecule has 0 fully saturated rings. The van der Waals surface area contributed by atoms with Crippen molar-refractivity contribution in [2.45, 2.75) is 45.1 Å². The van der Waals surface area contributed by atoms with Gasteiger partial charge >= 0.3 is 0 Å². The standard InChI is InChI=1S/C26H31N7OS/c1-18(27-2)7-5-4-6-8-22(31-26(34)24-16-28-17-35-24)25-29-15-23(30-25)20-11-9-19(10-12-20)21-13-14-33(3)32-21/h9-17,22H,4-8H2,1-3H3,(H,29,30)(H,31,34)/t22-/m0/s1. The van der Waals surface area contributed by atoms with Gasteiger partial charge in [-0.25, -0.2) is 4.98 Å². The summed E-state index contributed by atoms with van der Waals surface area (Å²) in [6.45, 7) is 2.06. The number of aliphatic imine (C=N–C) groups is 1. The van der Waals surface area contributed by atoms with Crippen LogP contribution in [-0.4, -0.2) is 43.4 Å². The number of unbranched alkanes of at least 4 members (excludes halogenated alkanes) is 2. The number of hydrogen-bond donors (Lipinski definition) is 2. The number of carbonyl (C=O) groups is 1. The van der Waals surface area contributed by atoms with E-state index in [9.17, 15) is 4.79 Å². The van der Waals surface area contributed by atoms with Crippen LogP contribution in [0.3, 0.4) is 0 Å². The summed E-state index contributed by atoms with van der Waals surface area (Å²) in [5, 5.41) is 7.61.